The third kappa shape index (κ3) is 5.21. The summed E-state index contributed by atoms with van der Waals surface area (Å²) in [5.41, 5.74) is 9.73. The van der Waals surface area contributed by atoms with Gasteiger partial charge in [-0.2, -0.15) is 0 Å². The predicted octanol–water partition coefficient (Wildman–Crippen LogP) is 1.56. The Balaban J connectivity index is 1.26. The first-order valence-corrected chi connectivity index (χ1v) is 10.3. The molecule has 8 heteroatoms. The summed E-state index contributed by atoms with van der Waals surface area (Å²) in [6, 6.07) is 15.9. The summed E-state index contributed by atoms with van der Waals surface area (Å²) in [5, 5.41) is 11.2. The second kappa shape index (κ2) is 9.49. The Hall–Kier alpha value is -3.26. The van der Waals surface area contributed by atoms with Gasteiger partial charge in [-0.05, 0) is 65.2 Å². The number of aromatic nitrogens is 4. The van der Waals surface area contributed by atoms with E-state index in [2.05, 4.69) is 32.6 Å². The minimum Gasteiger partial charge on any atom is -0.399 e. The molecular formula is C22H27N7O. The average Bonchev–Trinajstić information content (AvgIpc) is 3.19. The molecule has 3 aromatic rings. The van der Waals surface area contributed by atoms with Crippen LogP contribution in [-0.4, -0.2) is 68.6 Å². The van der Waals surface area contributed by atoms with Gasteiger partial charge in [0, 0.05) is 31.9 Å². The van der Waals surface area contributed by atoms with Crippen molar-refractivity contribution in [1.82, 2.24) is 30.0 Å². The molecule has 0 spiro atoms. The minimum absolute atomic E-state index is 0.186. The van der Waals surface area contributed by atoms with Gasteiger partial charge in [0.2, 0.25) is 5.91 Å². The molecule has 4 rings (SSSR count). The lowest BCUT2D eigenvalue weighted by atomic mass is 10.1. The van der Waals surface area contributed by atoms with Crippen LogP contribution in [0.2, 0.25) is 0 Å². The van der Waals surface area contributed by atoms with E-state index < -0.39 is 0 Å². The Morgan fingerprint density at radius 3 is 2.43 bits per heavy atom. The van der Waals surface area contributed by atoms with Crippen molar-refractivity contribution in [3.63, 3.8) is 0 Å². The van der Waals surface area contributed by atoms with Crippen molar-refractivity contribution in [2.45, 2.75) is 19.3 Å². The number of hydrogen-bond acceptors (Lipinski definition) is 6. The van der Waals surface area contributed by atoms with Gasteiger partial charge >= 0.3 is 0 Å². The zero-order valence-corrected chi connectivity index (χ0v) is 17.0. The van der Waals surface area contributed by atoms with Crippen LogP contribution in [0.25, 0.3) is 5.69 Å². The van der Waals surface area contributed by atoms with Gasteiger partial charge < -0.3 is 15.5 Å². The highest BCUT2D eigenvalue weighted by Crippen LogP contribution is 2.12. The van der Waals surface area contributed by atoms with Gasteiger partial charge in [0.1, 0.15) is 6.33 Å². The van der Waals surface area contributed by atoms with Crippen molar-refractivity contribution in [2.24, 2.45) is 0 Å². The highest BCUT2D eigenvalue weighted by molar-refractivity contribution is 5.78. The first kappa shape index (κ1) is 20.0. The van der Waals surface area contributed by atoms with Crippen LogP contribution in [0, 0.1) is 0 Å². The molecule has 156 valence electrons. The van der Waals surface area contributed by atoms with Crippen LogP contribution >= 0.6 is 0 Å². The van der Waals surface area contributed by atoms with Crippen molar-refractivity contribution in [2.75, 3.05) is 38.5 Å². The summed E-state index contributed by atoms with van der Waals surface area (Å²) in [7, 11) is 0. The average molecular weight is 406 g/mol. The molecule has 1 aliphatic heterocycles. The van der Waals surface area contributed by atoms with Gasteiger partial charge in [0.05, 0.1) is 12.1 Å². The number of rotatable bonds is 6. The molecular weight excluding hydrogens is 378 g/mol. The quantitative estimate of drug-likeness (QED) is 0.626. The van der Waals surface area contributed by atoms with Crippen molar-refractivity contribution in [1.29, 1.82) is 0 Å². The predicted molar refractivity (Wildman–Crippen MR) is 115 cm³/mol. The SMILES string of the molecule is Nc1ccc(CCN2CCCN(C(=O)Cc3ccc(-n4cnnn4)cc3)CC2)cc1. The molecule has 0 atom stereocenters. The van der Waals surface area contributed by atoms with Gasteiger partial charge in [0.15, 0.2) is 0 Å². The molecule has 0 bridgehead atoms. The van der Waals surface area contributed by atoms with E-state index >= 15 is 0 Å². The van der Waals surface area contributed by atoms with E-state index in [9.17, 15) is 4.79 Å². The van der Waals surface area contributed by atoms with Gasteiger partial charge in [-0.3, -0.25) is 4.79 Å². The normalized spacial score (nSPS) is 15.1. The first-order chi connectivity index (χ1) is 14.7. The number of carbonyl (C=O) groups is 1. The van der Waals surface area contributed by atoms with E-state index in [-0.39, 0.29) is 5.91 Å². The summed E-state index contributed by atoms with van der Waals surface area (Å²) >= 11 is 0. The summed E-state index contributed by atoms with van der Waals surface area (Å²) < 4.78 is 1.60. The number of nitrogens with zero attached hydrogens (tertiary/aromatic N) is 6. The number of nitrogens with two attached hydrogens (primary N) is 1. The number of anilines is 1. The molecule has 2 aromatic carbocycles. The number of carbonyl (C=O) groups excluding carboxylic acids is 1. The van der Waals surface area contributed by atoms with E-state index in [0.29, 0.717) is 6.42 Å². The molecule has 0 aliphatic carbocycles. The molecule has 8 nitrogen and oxygen atoms in total. The Labute approximate surface area is 176 Å². The highest BCUT2D eigenvalue weighted by atomic mass is 16.2. The third-order valence-electron chi connectivity index (χ3n) is 5.54. The molecule has 2 N–H and O–H groups in total. The van der Waals surface area contributed by atoms with E-state index in [1.54, 1.807) is 11.0 Å². The Bertz CT molecular complexity index is 939. The molecule has 1 saturated heterocycles. The van der Waals surface area contributed by atoms with Crippen LogP contribution < -0.4 is 5.73 Å². The van der Waals surface area contributed by atoms with E-state index in [4.69, 9.17) is 5.73 Å². The zero-order chi connectivity index (χ0) is 20.8. The smallest absolute Gasteiger partial charge is 0.227 e. The Morgan fingerprint density at radius 1 is 0.933 bits per heavy atom. The van der Waals surface area contributed by atoms with Crippen molar-refractivity contribution in [3.8, 4) is 5.69 Å². The number of hydrogen-bond donors (Lipinski definition) is 1. The molecule has 1 aliphatic rings. The van der Waals surface area contributed by atoms with Crippen LogP contribution in [-0.2, 0) is 17.6 Å². The maximum Gasteiger partial charge on any atom is 0.227 e. The zero-order valence-electron chi connectivity index (χ0n) is 17.0. The van der Waals surface area contributed by atoms with Crippen LogP contribution in [0.3, 0.4) is 0 Å². The van der Waals surface area contributed by atoms with Gasteiger partial charge in [-0.15, -0.1) is 5.10 Å². The fourth-order valence-electron chi connectivity index (χ4n) is 3.75. The molecule has 1 aromatic heterocycles. The Kier molecular flexibility index (Phi) is 6.34. The highest BCUT2D eigenvalue weighted by Gasteiger charge is 2.19. The molecule has 2 heterocycles. The van der Waals surface area contributed by atoms with Crippen molar-refractivity contribution in [3.05, 3.63) is 66.0 Å². The van der Waals surface area contributed by atoms with E-state index in [1.165, 1.54) is 5.56 Å². The summed E-state index contributed by atoms with van der Waals surface area (Å²) in [5.74, 6) is 0.186. The first-order valence-electron chi connectivity index (χ1n) is 10.3. The molecule has 30 heavy (non-hydrogen) atoms. The maximum absolute atomic E-state index is 12.8. The summed E-state index contributed by atoms with van der Waals surface area (Å²) in [6.45, 7) is 4.55. The van der Waals surface area contributed by atoms with Crippen LogP contribution in [0.15, 0.2) is 54.9 Å². The van der Waals surface area contributed by atoms with Crippen LogP contribution in [0.4, 0.5) is 5.69 Å². The molecule has 0 unspecified atom stereocenters. The fourth-order valence-corrected chi connectivity index (χ4v) is 3.75. The van der Waals surface area contributed by atoms with Crippen LogP contribution in [0.5, 0.6) is 0 Å². The molecule has 1 fully saturated rings. The van der Waals surface area contributed by atoms with Crippen molar-refractivity contribution < 1.29 is 4.79 Å². The van der Waals surface area contributed by atoms with Crippen LogP contribution in [0.1, 0.15) is 17.5 Å². The summed E-state index contributed by atoms with van der Waals surface area (Å²) in [6.07, 6.45) is 3.98. The standard InChI is InChI=1S/C22H27N7O/c23-20-6-2-18(3-7-20)10-13-27-11-1-12-28(15-14-27)22(30)16-19-4-8-21(9-5-19)29-17-24-25-26-29/h2-9,17H,1,10-16,23H2. The molecule has 1 amide bonds. The van der Waals surface area contributed by atoms with Crippen molar-refractivity contribution >= 4 is 11.6 Å². The monoisotopic (exact) mass is 405 g/mol. The van der Waals surface area contributed by atoms with E-state index in [0.717, 1.165) is 62.5 Å². The fraction of sp³-hybridized carbons (Fsp3) is 0.364. The lowest BCUT2D eigenvalue weighted by Crippen LogP contribution is -2.36. The molecule has 0 saturated carbocycles. The Morgan fingerprint density at radius 2 is 1.70 bits per heavy atom. The second-order valence-electron chi connectivity index (χ2n) is 7.67. The van der Waals surface area contributed by atoms with Gasteiger partial charge in [-0.1, -0.05) is 24.3 Å². The largest absolute Gasteiger partial charge is 0.399 e. The maximum atomic E-state index is 12.8. The lowest BCUT2D eigenvalue weighted by Gasteiger charge is -2.22. The number of amides is 1. The number of benzene rings is 2. The van der Waals surface area contributed by atoms with Gasteiger partial charge in [-0.25, -0.2) is 4.68 Å². The topological polar surface area (TPSA) is 93.2 Å². The number of nitrogen functional groups attached to an aromatic ring is 1. The minimum atomic E-state index is 0.186. The lowest BCUT2D eigenvalue weighted by molar-refractivity contribution is -0.130. The van der Waals surface area contributed by atoms with Gasteiger partial charge in [0.25, 0.3) is 0 Å². The van der Waals surface area contributed by atoms with E-state index in [1.807, 2.05) is 41.3 Å². The third-order valence-corrected chi connectivity index (χ3v) is 5.54. The number of tetrazole rings is 1. The summed E-state index contributed by atoms with van der Waals surface area (Å²) in [4.78, 5) is 17.3. The molecule has 0 radical (unpaired) electrons. The second-order valence-corrected chi connectivity index (χ2v) is 7.67.